The molecule has 0 atom stereocenters. The second kappa shape index (κ2) is 6.93. The fraction of sp³-hybridized carbons (Fsp3) is 0.692. The van der Waals surface area contributed by atoms with E-state index in [2.05, 4.69) is 15.5 Å². The third kappa shape index (κ3) is 4.73. The lowest BCUT2D eigenvalue weighted by atomic mass is 10.3. The number of nitrogens with one attached hydrogen (secondary N) is 1. The van der Waals surface area contributed by atoms with Crippen molar-refractivity contribution in [1.82, 2.24) is 20.1 Å². The van der Waals surface area contributed by atoms with Gasteiger partial charge >= 0.3 is 5.97 Å². The molecule has 1 aromatic heterocycles. The number of aromatic nitrogens is 3. The van der Waals surface area contributed by atoms with Crippen molar-refractivity contribution < 1.29 is 14.7 Å². The molecule has 0 spiro atoms. The van der Waals surface area contributed by atoms with Crippen molar-refractivity contribution in [3.8, 4) is 0 Å². The van der Waals surface area contributed by atoms with E-state index in [0.29, 0.717) is 24.0 Å². The van der Waals surface area contributed by atoms with Gasteiger partial charge in [-0.05, 0) is 26.7 Å². The Kier molecular flexibility index (Phi) is 5.22. The number of carboxylic acids is 1. The van der Waals surface area contributed by atoms with Crippen molar-refractivity contribution >= 4 is 23.6 Å². The van der Waals surface area contributed by atoms with Crippen LogP contribution in [0, 0.1) is 0 Å². The molecule has 1 aromatic rings. The molecule has 0 bridgehead atoms. The Balaban J connectivity index is 2.02. The van der Waals surface area contributed by atoms with Crippen LogP contribution in [0.3, 0.4) is 0 Å². The third-order valence-corrected chi connectivity index (χ3v) is 3.98. The lowest BCUT2D eigenvalue weighted by Crippen LogP contribution is -2.30. The number of aliphatic carboxylic acids is 1. The summed E-state index contributed by atoms with van der Waals surface area (Å²) in [5.41, 5.74) is 0. The molecule has 2 N–H and O–H groups in total. The van der Waals surface area contributed by atoms with Crippen molar-refractivity contribution in [2.24, 2.45) is 0 Å². The van der Waals surface area contributed by atoms with E-state index in [1.54, 1.807) is 0 Å². The zero-order chi connectivity index (χ0) is 15.4. The fourth-order valence-corrected chi connectivity index (χ4v) is 2.69. The van der Waals surface area contributed by atoms with E-state index in [1.807, 2.05) is 18.4 Å². The van der Waals surface area contributed by atoms with Crippen LogP contribution in [0.5, 0.6) is 0 Å². The number of carboxylic acid groups (broad SMARTS) is 1. The molecule has 21 heavy (non-hydrogen) atoms. The number of rotatable bonds is 8. The molecule has 1 aliphatic carbocycles. The summed E-state index contributed by atoms with van der Waals surface area (Å²) in [6.45, 7) is 4.32. The molecule has 1 saturated carbocycles. The van der Waals surface area contributed by atoms with E-state index in [0.717, 1.165) is 30.4 Å². The van der Waals surface area contributed by atoms with E-state index in [9.17, 15) is 9.59 Å². The zero-order valence-electron chi connectivity index (χ0n) is 12.2. The van der Waals surface area contributed by atoms with Crippen molar-refractivity contribution in [2.75, 3.05) is 5.75 Å². The van der Waals surface area contributed by atoms with Gasteiger partial charge in [0.05, 0.1) is 5.75 Å². The average molecular weight is 312 g/mol. The molecule has 1 fully saturated rings. The quantitative estimate of drug-likeness (QED) is 0.701. The van der Waals surface area contributed by atoms with E-state index in [-0.39, 0.29) is 17.7 Å². The standard InChI is InChI=1S/C13H20N4O3S/c1-8(2)14-10(18)5-6-17-12(9-3-4-9)15-16-13(17)21-7-11(19)20/h8-9H,3-7H2,1-2H3,(H,14,18)(H,19,20). The lowest BCUT2D eigenvalue weighted by molar-refractivity contribution is -0.134. The van der Waals surface area contributed by atoms with Crippen LogP contribution in [-0.4, -0.2) is 43.5 Å². The van der Waals surface area contributed by atoms with Crippen LogP contribution < -0.4 is 5.32 Å². The van der Waals surface area contributed by atoms with Gasteiger partial charge in [-0.15, -0.1) is 10.2 Å². The summed E-state index contributed by atoms with van der Waals surface area (Å²) in [7, 11) is 0. The molecule has 0 unspecified atom stereocenters. The first-order valence-corrected chi connectivity index (χ1v) is 8.03. The highest BCUT2D eigenvalue weighted by atomic mass is 32.2. The van der Waals surface area contributed by atoms with Gasteiger partial charge in [0.1, 0.15) is 5.82 Å². The maximum Gasteiger partial charge on any atom is 0.313 e. The molecule has 0 saturated heterocycles. The monoisotopic (exact) mass is 312 g/mol. The summed E-state index contributed by atoms with van der Waals surface area (Å²) in [5.74, 6) is 0.320. The van der Waals surface area contributed by atoms with Gasteiger partial charge in [-0.1, -0.05) is 11.8 Å². The van der Waals surface area contributed by atoms with E-state index < -0.39 is 5.97 Å². The molecule has 7 nitrogen and oxygen atoms in total. The van der Waals surface area contributed by atoms with Gasteiger partial charge in [0.2, 0.25) is 5.91 Å². The summed E-state index contributed by atoms with van der Waals surface area (Å²) < 4.78 is 1.89. The third-order valence-electron chi connectivity index (χ3n) is 3.02. The Morgan fingerprint density at radius 2 is 2.14 bits per heavy atom. The second-order valence-electron chi connectivity index (χ2n) is 5.42. The Hall–Kier alpha value is -1.57. The van der Waals surface area contributed by atoms with Crippen LogP contribution in [0.25, 0.3) is 0 Å². The second-order valence-corrected chi connectivity index (χ2v) is 6.36. The van der Waals surface area contributed by atoms with Gasteiger partial charge in [-0.3, -0.25) is 9.59 Å². The number of hydrogen-bond acceptors (Lipinski definition) is 5. The first-order valence-electron chi connectivity index (χ1n) is 7.04. The number of carbonyl (C=O) groups is 2. The molecule has 0 aliphatic heterocycles. The van der Waals surface area contributed by atoms with Gasteiger partial charge in [0.15, 0.2) is 5.16 Å². The average Bonchev–Trinajstić information content (AvgIpc) is 3.14. The Labute approximate surface area is 127 Å². The minimum absolute atomic E-state index is 0.0189. The molecule has 0 aromatic carbocycles. The predicted octanol–water partition coefficient (Wildman–Crippen LogP) is 1.25. The number of amides is 1. The smallest absolute Gasteiger partial charge is 0.313 e. The molecule has 8 heteroatoms. The summed E-state index contributed by atoms with van der Waals surface area (Å²) in [5, 5.41) is 20.4. The molecule has 1 heterocycles. The highest BCUT2D eigenvalue weighted by molar-refractivity contribution is 7.99. The Morgan fingerprint density at radius 1 is 1.43 bits per heavy atom. The first kappa shape index (κ1) is 15.8. The van der Waals surface area contributed by atoms with Gasteiger partial charge in [-0.2, -0.15) is 0 Å². The lowest BCUT2D eigenvalue weighted by Gasteiger charge is -2.11. The van der Waals surface area contributed by atoms with E-state index in [4.69, 9.17) is 5.11 Å². The molecule has 1 aliphatic rings. The minimum atomic E-state index is -0.889. The van der Waals surface area contributed by atoms with Crippen LogP contribution in [0.1, 0.15) is 44.9 Å². The summed E-state index contributed by atoms with van der Waals surface area (Å²) >= 11 is 1.14. The minimum Gasteiger partial charge on any atom is -0.481 e. The van der Waals surface area contributed by atoms with Crippen LogP contribution in [0.2, 0.25) is 0 Å². The normalized spacial score (nSPS) is 14.4. The Bertz CT molecular complexity index is 525. The molecule has 0 radical (unpaired) electrons. The van der Waals surface area contributed by atoms with Crippen molar-refractivity contribution in [2.45, 2.75) is 56.8 Å². The Morgan fingerprint density at radius 3 is 2.71 bits per heavy atom. The number of nitrogens with zero attached hydrogens (tertiary/aromatic N) is 3. The SMILES string of the molecule is CC(C)NC(=O)CCn1c(SCC(=O)O)nnc1C1CC1. The van der Waals surface area contributed by atoms with Crippen molar-refractivity contribution in [1.29, 1.82) is 0 Å². The zero-order valence-corrected chi connectivity index (χ0v) is 13.0. The summed E-state index contributed by atoms with van der Waals surface area (Å²) in [6.07, 6.45) is 2.51. The van der Waals surface area contributed by atoms with Crippen LogP contribution >= 0.6 is 11.8 Å². The molecule has 2 rings (SSSR count). The number of thioether (sulfide) groups is 1. The van der Waals surface area contributed by atoms with Gasteiger partial charge in [0, 0.05) is 24.9 Å². The number of carbonyl (C=O) groups excluding carboxylic acids is 1. The fourth-order valence-electron chi connectivity index (χ4n) is 1.99. The van der Waals surface area contributed by atoms with Crippen molar-refractivity contribution in [3.63, 3.8) is 0 Å². The highest BCUT2D eigenvalue weighted by Gasteiger charge is 2.30. The highest BCUT2D eigenvalue weighted by Crippen LogP contribution is 2.40. The van der Waals surface area contributed by atoms with Gasteiger partial charge < -0.3 is 15.0 Å². The van der Waals surface area contributed by atoms with Crippen LogP contribution in [0.4, 0.5) is 0 Å². The summed E-state index contributed by atoms with van der Waals surface area (Å²) in [6, 6.07) is 0.113. The molecule has 116 valence electrons. The maximum absolute atomic E-state index is 11.8. The molecule has 1 amide bonds. The maximum atomic E-state index is 11.8. The van der Waals surface area contributed by atoms with E-state index >= 15 is 0 Å². The topological polar surface area (TPSA) is 97.1 Å². The van der Waals surface area contributed by atoms with Crippen LogP contribution in [-0.2, 0) is 16.1 Å². The van der Waals surface area contributed by atoms with Gasteiger partial charge in [0.25, 0.3) is 0 Å². The van der Waals surface area contributed by atoms with E-state index in [1.165, 1.54) is 0 Å². The number of hydrogen-bond donors (Lipinski definition) is 2. The molecular weight excluding hydrogens is 292 g/mol. The predicted molar refractivity (Wildman–Crippen MR) is 78.3 cm³/mol. The van der Waals surface area contributed by atoms with Gasteiger partial charge in [-0.25, -0.2) is 0 Å². The van der Waals surface area contributed by atoms with Crippen molar-refractivity contribution in [3.05, 3.63) is 5.82 Å². The largest absolute Gasteiger partial charge is 0.481 e. The molecular formula is C13H20N4O3S. The first-order chi connectivity index (χ1) is 9.97. The van der Waals surface area contributed by atoms with Crippen LogP contribution in [0.15, 0.2) is 5.16 Å². The summed E-state index contributed by atoms with van der Waals surface area (Å²) in [4.78, 5) is 22.4.